The number of halogens is 2. The molecular weight excluding hydrogens is 347 g/mol. The monoisotopic (exact) mass is 364 g/mol. The second-order valence-corrected chi connectivity index (χ2v) is 7.45. The lowest BCUT2D eigenvalue weighted by molar-refractivity contribution is 0.0695. The van der Waals surface area contributed by atoms with Gasteiger partial charge in [-0.2, -0.15) is 0 Å². The topological polar surface area (TPSA) is 62.5 Å². The highest BCUT2D eigenvalue weighted by Crippen LogP contribution is 2.42. The van der Waals surface area contributed by atoms with E-state index in [2.05, 4.69) is 6.92 Å². The van der Waals surface area contributed by atoms with Crippen LogP contribution in [0.25, 0.3) is 10.9 Å². The van der Waals surface area contributed by atoms with Crippen molar-refractivity contribution in [1.29, 1.82) is 0 Å². The molecule has 1 atom stereocenters. The summed E-state index contributed by atoms with van der Waals surface area (Å²) in [7, 11) is 0. The maximum absolute atomic E-state index is 14.8. The number of pyridine rings is 1. The molecule has 132 valence electrons. The fourth-order valence-corrected chi connectivity index (χ4v) is 4.06. The summed E-state index contributed by atoms with van der Waals surface area (Å²) in [5.41, 5.74) is -0.288. The van der Waals surface area contributed by atoms with Crippen LogP contribution in [0.1, 0.15) is 42.6 Å². The predicted molar refractivity (Wildman–Crippen MR) is 94.4 cm³/mol. The Morgan fingerprint density at radius 3 is 2.64 bits per heavy atom. The highest BCUT2D eigenvalue weighted by atomic mass is 35.5. The van der Waals surface area contributed by atoms with E-state index in [9.17, 15) is 19.1 Å². The summed E-state index contributed by atoms with van der Waals surface area (Å²) >= 11 is 6.57. The van der Waals surface area contributed by atoms with Gasteiger partial charge >= 0.3 is 5.97 Å². The zero-order chi connectivity index (χ0) is 17.9. The number of hydrogen-bond donors (Lipinski definition) is 1. The zero-order valence-electron chi connectivity index (χ0n) is 13.8. The quantitative estimate of drug-likeness (QED) is 0.902. The number of nitrogens with zero attached hydrogens (tertiary/aromatic N) is 2. The normalized spacial score (nSPS) is 20.4. The van der Waals surface area contributed by atoms with Gasteiger partial charge in [0.2, 0.25) is 5.43 Å². The van der Waals surface area contributed by atoms with Gasteiger partial charge in [0.1, 0.15) is 11.4 Å². The first-order valence-corrected chi connectivity index (χ1v) is 8.81. The number of rotatable bonds is 3. The van der Waals surface area contributed by atoms with Crippen LogP contribution in [0.15, 0.2) is 17.1 Å². The Labute approximate surface area is 148 Å². The summed E-state index contributed by atoms with van der Waals surface area (Å²) in [6, 6.07) is 1.25. The van der Waals surface area contributed by atoms with Gasteiger partial charge in [0.05, 0.1) is 21.6 Å². The van der Waals surface area contributed by atoms with Crippen LogP contribution in [-0.4, -0.2) is 28.7 Å². The summed E-state index contributed by atoms with van der Waals surface area (Å²) in [6.07, 6.45) is 4.09. The minimum Gasteiger partial charge on any atom is -0.477 e. The largest absolute Gasteiger partial charge is 0.477 e. The minimum atomic E-state index is -1.31. The molecule has 1 saturated heterocycles. The first-order chi connectivity index (χ1) is 11.9. The van der Waals surface area contributed by atoms with E-state index < -0.39 is 17.2 Å². The molecule has 4 rings (SSSR count). The number of benzene rings is 1. The van der Waals surface area contributed by atoms with Crippen molar-refractivity contribution >= 4 is 34.2 Å². The van der Waals surface area contributed by atoms with Crippen molar-refractivity contribution in [1.82, 2.24) is 4.57 Å². The SMILES string of the molecule is CC1CCN(c2c(F)cc3c(=O)c(C(=O)O)cn(C4CC4)c3c2Cl)C1. The molecule has 1 aliphatic heterocycles. The molecule has 0 bridgehead atoms. The number of carboxylic acids is 1. The van der Waals surface area contributed by atoms with Gasteiger partial charge < -0.3 is 14.6 Å². The van der Waals surface area contributed by atoms with Crippen LogP contribution in [0.3, 0.4) is 0 Å². The van der Waals surface area contributed by atoms with Gasteiger partial charge in [0, 0.05) is 25.3 Å². The van der Waals surface area contributed by atoms with Crippen LogP contribution in [-0.2, 0) is 0 Å². The fourth-order valence-electron chi connectivity index (χ4n) is 3.65. The molecule has 0 spiro atoms. The van der Waals surface area contributed by atoms with E-state index in [-0.39, 0.29) is 22.0 Å². The molecule has 1 aromatic heterocycles. The Balaban J connectivity index is 2.03. The van der Waals surface area contributed by atoms with Gasteiger partial charge in [0.25, 0.3) is 0 Å². The number of carbonyl (C=O) groups is 1. The number of anilines is 1. The molecule has 1 N–H and O–H groups in total. The molecule has 7 heteroatoms. The molecule has 2 fully saturated rings. The second kappa shape index (κ2) is 5.73. The van der Waals surface area contributed by atoms with Gasteiger partial charge in [-0.25, -0.2) is 9.18 Å². The molecule has 2 aromatic rings. The van der Waals surface area contributed by atoms with Crippen molar-refractivity contribution in [2.75, 3.05) is 18.0 Å². The highest BCUT2D eigenvalue weighted by molar-refractivity contribution is 6.38. The molecule has 25 heavy (non-hydrogen) atoms. The second-order valence-electron chi connectivity index (χ2n) is 7.07. The lowest BCUT2D eigenvalue weighted by atomic mass is 10.1. The van der Waals surface area contributed by atoms with E-state index in [1.165, 1.54) is 6.20 Å². The zero-order valence-corrected chi connectivity index (χ0v) is 14.5. The first-order valence-electron chi connectivity index (χ1n) is 8.43. The highest BCUT2D eigenvalue weighted by Gasteiger charge is 2.31. The van der Waals surface area contributed by atoms with Crippen LogP contribution in [0.5, 0.6) is 0 Å². The first kappa shape index (κ1) is 16.4. The predicted octanol–water partition coefficient (Wildman–Crippen LogP) is 3.67. The number of carboxylic acid groups (broad SMARTS) is 1. The Kier molecular flexibility index (Phi) is 3.76. The van der Waals surface area contributed by atoms with Gasteiger partial charge in [-0.1, -0.05) is 18.5 Å². The summed E-state index contributed by atoms with van der Waals surface area (Å²) in [6.45, 7) is 3.53. The maximum atomic E-state index is 14.8. The van der Waals surface area contributed by atoms with Crippen LogP contribution < -0.4 is 10.3 Å². The lowest BCUT2D eigenvalue weighted by Crippen LogP contribution is -2.23. The summed E-state index contributed by atoms with van der Waals surface area (Å²) in [5, 5.41) is 9.53. The third-order valence-corrected chi connectivity index (χ3v) is 5.45. The Morgan fingerprint density at radius 1 is 1.36 bits per heavy atom. The number of aromatic nitrogens is 1. The maximum Gasteiger partial charge on any atom is 0.341 e. The molecule has 1 aromatic carbocycles. The average Bonchev–Trinajstić information content (AvgIpc) is 3.30. The molecule has 1 aliphatic carbocycles. The average molecular weight is 365 g/mol. The molecule has 1 saturated carbocycles. The van der Waals surface area contributed by atoms with Crippen LogP contribution in [0, 0.1) is 11.7 Å². The molecule has 0 amide bonds. The molecule has 0 radical (unpaired) electrons. The van der Waals surface area contributed by atoms with E-state index in [0.717, 1.165) is 25.3 Å². The summed E-state index contributed by atoms with van der Waals surface area (Å²) in [5.74, 6) is -1.44. The van der Waals surface area contributed by atoms with Crippen molar-refractivity contribution < 1.29 is 14.3 Å². The van der Waals surface area contributed by atoms with Crippen molar-refractivity contribution in [2.24, 2.45) is 5.92 Å². The smallest absolute Gasteiger partial charge is 0.341 e. The Hall–Kier alpha value is -2.08. The minimum absolute atomic E-state index is 0.0327. The number of hydrogen-bond acceptors (Lipinski definition) is 3. The third kappa shape index (κ3) is 2.59. The lowest BCUT2D eigenvalue weighted by Gasteiger charge is -2.23. The fraction of sp³-hybridized carbons (Fsp3) is 0.444. The molecule has 2 aliphatic rings. The Morgan fingerprint density at radius 2 is 2.08 bits per heavy atom. The third-order valence-electron chi connectivity index (χ3n) is 5.09. The van der Waals surface area contributed by atoms with E-state index >= 15 is 0 Å². The van der Waals surface area contributed by atoms with Gasteiger partial charge in [0.15, 0.2) is 0 Å². The Bertz CT molecular complexity index is 952. The number of aromatic carboxylic acids is 1. The van der Waals surface area contributed by atoms with Crippen molar-refractivity contribution in [3.8, 4) is 0 Å². The van der Waals surface area contributed by atoms with Crippen LogP contribution in [0.4, 0.5) is 10.1 Å². The van der Waals surface area contributed by atoms with Gasteiger partial charge in [-0.05, 0) is 31.2 Å². The van der Waals surface area contributed by atoms with Crippen LogP contribution >= 0.6 is 11.6 Å². The van der Waals surface area contributed by atoms with E-state index in [4.69, 9.17) is 11.6 Å². The standard InChI is InChI=1S/C18H18ClFN2O3/c1-9-4-5-21(7-9)16-13(20)6-11-15(14(16)19)22(10-2-3-10)8-12(17(11)23)18(24)25/h6,8-10H,2-5,7H2,1H3,(H,24,25). The van der Waals surface area contributed by atoms with Crippen molar-refractivity contribution in [2.45, 2.75) is 32.2 Å². The van der Waals surface area contributed by atoms with Crippen LogP contribution in [0.2, 0.25) is 5.02 Å². The van der Waals surface area contributed by atoms with E-state index in [1.807, 2.05) is 4.90 Å². The number of fused-ring (bicyclic) bond motifs is 1. The van der Waals surface area contributed by atoms with Crippen molar-refractivity contribution in [3.63, 3.8) is 0 Å². The molecule has 2 heterocycles. The van der Waals surface area contributed by atoms with Gasteiger partial charge in [-0.15, -0.1) is 0 Å². The molecular formula is C18H18ClFN2O3. The summed E-state index contributed by atoms with van der Waals surface area (Å²) in [4.78, 5) is 25.8. The molecule has 1 unspecified atom stereocenters. The van der Waals surface area contributed by atoms with Gasteiger partial charge in [-0.3, -0.25) is 4.79 Å². The van der Waals surface area contributed by atoms with E-state index in [0.29, 0.717) is 30.2 Å². The van der Waals surface area contributed by atoms with E-state index in [1.54, 1.807) is 4.57 Å². The van der Waals surface area contributed by atoms with Crippen molar-refractivity contribution in [3.05, 3.63) is 38.9 Å². The molecule has 5 nitrogen and oxygen atoms in total. The summed E-state index contributed by atoms with van der Waals surface area (Å²) < 4.78 is 16.5.